The van der Waals surface area contributed by atoms with Crippen molar-refractivity contribution in [1.82, 2.24) is 10.2 Å². The Kier molecular flexibility index (Phi) is 5.68. The SMILES string of the molecule is CCc1cccc(C)c1NC(=O)CSc1nnc(-c2ccc(F)cc2)o1. The molecule has 134 valence electrons. The van der Waals surface area contributed by atoms with Crippen LogP contribution in [0.1, 0.15) is 18.1 Å². The molecule has 3 rings (SSSR count). The van der Waals surface area contributed by atoms with Gasteiger partial charge in [0, 0.05) is 11.3 Å². The molecule has 0 bridgehead atoms. The minimum atomic E-state index is -0.331. The summed E-state index contributed by atoms with van der Waals surface area (Å²) in [5, 5.41) is 11.1. The highest BCUT2D eigenvalue weighted by molar-refractivity contribution is 7.99. The van der Waals surface area contributed by atoms with Crippen LogP contribution >= 0.6 is 11.8 Å². The van der Waals surface area contributed by atoms with Gasteiger partial charge in [-0.2, -0.15) is 0 Å². The van der Waals surface area contributed by atoms with Crippen LogP contribution in [0.2, 0.25) is 0 Å². The lowest BCUT2D eigenvalue weighted by molar-refractivity contribution is -0.113. The third-order valence-corrected chi connectivity index (χ3v) is 4.65. The number of nitrogens with one attached hydrogen (secondary N) is 1. The molecule has 1 amide bonds. The maximum atomic E-state index is 13.0. The molecule has 1 heterocycles. The van der Waals surface area contributed by atoms with E-state index in [0.29, 0.717) is 16.7 Å². The number of hydrogen-bond donors (Lipinski definition) is 1. The van der Waals surface area contributed by atoms with E-state index in [0.717, 1.165) is 35.0 Å². The fourth-order valence-corrected chi connectivity index (χ4v) is 3.05. The van der Waals surface area contributed by atoms with E-state index in [9.17, 15) is 9.18 Å². The van der Waals surface area contributed by atoms with Crippen LogP contribution in [0, 0.1) is 12.7 Å². The van der Waals surface area contributed by atoms with E-state index < -0.39 is 0 Å². The first-order valence-electron chi connectivity index (χ1n) is 8.17. The highest BCUT2D eigenvalue weighted by Crippen LogP contribution is 2.25. The monoisotopic (exact) mass is 371 g/mol. The van der Waals surface area contributed by atoms with Crippen LogP contribution in [0.25, 0.3) is 11.5 Å². The lowest BCUT2D eigenvalue weighted by Crippen LogP contribution is -2.16. The summed E-state index contributed by atoms with van der Waals surface area (Å²) in [5.41, 5.74) is 3.61. The van der Waals surface area contributed by atoms with Gasteiger partial charge in [-0.15, -0.1) is 10.2 Å². The van der Waals surface area contributed by atoms with Gasteiger partial charge in [-0.05, 0) is 48.7 Å². The van der Waals surface area contributed by atoms with E-state index in [2.05, 4.69) is 22.4 Å². The normalized spacial score (nSPS) is 10.7. The number of carbonyl (C=O) groups excluding carboxylic acids is 1. The number of aromatic nitrogens is 2. The molecular weight excluding hydrogens is 353 g/mol. The van der Waals surface area contributed by atoms with Crippen molar-refractivity contribution in [3.05, 3.63) is 59.4 Å². The topological polar surface area (TPSA) is 68.0 Å². The summed E-state index contributed by atoms with van der Waals surface area (Å²) in [6.45, 7) is 4.02. The number of anilines is 1. The molecule has 0 unspecified atom stereocenters. The number of thioether (sulfide) groups is 1. The molecule has 0 fully saturated rings. The average molecular weight is 371 g/mol. The second kappa shape index (κ2) is 8.14. The third-order valence-electron chi connectivity index (χ3n) is 3.83. The van der Waals surface area contributed by atoms with Gasteiger partial charge in [0.2, 0.25) is 11.8 Å². The van der Waals surface area contributed by atoms with E-state index in [1.54, 1.807) is 12.1 Å². The molecule has 0 saturated heterocycles. The zero-order valence-corrected chi connectivity index (χ0v) is 15.3. The van der Waals surface area contributed by atoms with E-state index >= 15 is 0 Å². The molecule has 0 spiro atoms. The number of aryl methyl sites for hydroxylation is 2. The Morgan fingerprint density at radius 3 is 2.69 bits per heavy atom. The molecular formula is C19H18FN3O2S. The smallest absolute Gasteiger partial charge is 0.277 e. The lowest BCUT2D eigenvalue weighted by Gasteiger charge is -2.12. The molecule has 7 heteroatoms. The first-order chi connectivity index (χ1) is 12.6. The van der Waals surface area contributed by atoms with Gasteiger partial charge in [0.15, 0.2) is 0 Å². The van der Waals surface area contributed by atoms with Crippen molar-refractivity contribution in [2.24, 2.45) is 0 Å². The standard InChI is InChI=1S/C19H18FN3O2S/c1-3-13-6-4-5-12(2)17(13)21-16(24)11-26-19-23-22-18(25-19)14-7-9-15(20)10-8-14/h4-10H,3,11H2,1-2H3,(H,21,24). The van der Waals surface area contributed by atoms with Gasteiger partial charge in [0.1, 0.15) is 5.82 Å². The van der Waals surface area contributed by atoms with Crippen LogP contribution in [0.4, 0.5) is 10.1 Å². The van der Waals surface area contributed by atoms with Crippen LogP contribution in [0.3, 0.4) is 0 Å². The van der Waals surface area contributed by atoms with Gasteiger partial charge in [0.05, 0.1) is 5.75 Å². The van der Waals surface area contributed by atoms with E-state index in [4.69, 9.17) is 4.42 Å². The zero-order valence-electron chi connectivity index (χ0n) is 14.5. The number of carbonyl (C=O) groups is 1. The molecule has 26 heavy (non-hydrogen) atoms. The Bertz CT molecular complexity index is 909. The van der Waals surface area contributed by atoms with E-state index in [-0.39, 0.29) is 17.5 Å². The van der Waals surface area contributed by atoms with E-state index in [1.165, 1.54) is 12.1 Å². The van der Waals surface area contributed by atoms with Crippen LogP contribution < -0.4 is 5.32 Å². The van der Waals surface area contributed by atoms with Gasteiger partial charge in [-0.3, -0.25) is 4.79 Å². The minimum Gasteiger partial charge on any atom is -0.411 e. The molecule has 0 radical (unpaired) electrons. The summed E-state index contributed by atoms with van der Waals surface area (Å²) < 4.78 is 18.5. The minimum absolute atomic E-state index is 0.138. The quantitative estimate of drug-likeness (QED) is 0.647. The fourth-order valence-electron chi connectivity index (χ4n) is 2.48. The largest absolute Gasteiger partial charge is 0.411 e. The summed E-state index contributed by atoms with van der Waals surface area (Å²) in [6, 6.07) is 11.7. The van der Waals surface area contributed by atoms with Crippen LogP contribution in [-0.4, -0.2) is 21.9 Å². The molecule has 5 nitrogen and oxygen atoms in total. The second-order valence-electron chi connectivity index (χ2n) is 5.68. The fraction of sp³-hybridized carbons (Fsp3) is 0.211. The Hall–Kier alpha value is -2.67. The summed E-state index contributed by atoms with van der Waals surface area (Å²) in [6.07, 6.45) is 0.842. The molecule has 0 aliphatic rings. The number of hydrogen-bond acceptors (Lipinski definition) is 5. The number of halogens is 1. The second-order valence-corrected chi connectivity index (χ2v) is 6.61. The Morgan fingerprint density at radius 2 is 1.96 bits per heavy atom. The van der Waals surface area contributed by atoms with Gasteiger partial charge < -0.3 is 9.73 Å². The molecule has 0 atom stereocenters. The predicted octanol–water partition coefficient (Wildman–Crippen LogP) is 4.48. The number of para-hydroxylation sites is 1. The average Bonchev–Trinajstić information content (AvgIpc) is 3.11. The van der Waals surface area contributed by atoms with Crippen molar-refractivity contribution in [2.45, 2.75) is 25.5 Å². The lowest BCUT2D eigenvalue weighted by atomic mass is 10.1. The maximum absolute atomic E-state index is 13.0. The van der Waals surface area contributed by atoms with Crippen LogP contribution in [0.5, 0.6) is 0 Å². The van der Waals surface area contributed by atoms with Gasteiger partial charge >= 0.3 is 0 Å². The highest BCUT2D eigenvalue weighted by Gasteiger charge is 2.13. The maximum Gasteiger partial charge on any atom is 0.277 e. The number of nitrogens with zero attached hydrogens (tertiary/aromatic N) is 2. The predicted molar refractivity (Wildman–Crippen MR) is 99.6 cm³/mol. The highest BCUT2D eigenvalue weighted by atomic mass is 32.2. The van der Waals surface area contributed by atoms with Crippen LogP contribution in [-0.2, 0) is 11.2 Å². The molecule has 3 aromatic rings. The van der Waals surface area contributed by atoms with Gasteiger partial charge in [-0.1, -0.05) is 36.9 Å². The van der Waals surface area contributed by atoms with Crippen molar-refractivity contribution in [3.8, 4) is 11.5 Å². The number of rotatable bonds is 6. The molecule has 1 N–H and O–H groups in total. The Balaban J connectivity index is 1.61. The van der Waals surface area contributed by atoms with E-state index in [1.807, 2.05) is 25.1 Å². The summed E-state index contributed by atoms with van der Waals surface area (Å²) in [5.74, 6) is -0.0227. The molecule has 2 aromatic carbocycles. The van der Waals surface area contributed by atoms with Crippen molar-refractivity contribution in [1.29, 1.82) is 0 Å². The molecule has 0 aliphatic heterocycles. The van der Waals surface area contributed by atoms with Crippen molar-refractivity contribution in [3.63, 3.8) is 0 Å². The molecule has 1 aromatic heterocycles. The Morgan fingerprint density at radius 1 is 1.19 bits per heavy atom. The Labute approximate surface area is 155 Å². The van der Waals surface area contributed by atoms with Crippen molar-refractivity contribution in [2.75, 3.05) is 11.1 Å². The first kappa shape index (κ1) is 18.1. The third kappa shape index (κ3) is 4.29. The summed E-state index contributed by atoms with van der Waals surface area (Å²) >= 11 is 1.16. The molecule has 0 aliphatic carbocycles. The number of benzene rings is 2. The van der Waals surface area contributed by atoms with Gasteiger partial charge in [-0.25, -0.2) is 4.39 Å². The van der Waals surface area contributed by atoms with Crippen LogP contribution in [0.15, 0.2) is 52.1 Å². The molecule has 0 saturated carbocycles. The summed E-state index contributed by atoms with van der Waals surface area (Å²) in [4.78, 5) is 12.3. The zero-order chi connectivity index (χ0) is 18.5. The number of amides is 1. The van der Waals surface area contributed by atoms with Crippen molar-refractivity contribution < 1.29 is 13.6 Å². The van der Waals surface area contributed by atoms with Crippen molar-refractivity contribution >= 4 is 23.4 Å². The van der Waals surface area contributed by atoms with Gasteiger partial charge in [0.25, 0.3) is 5.22 Å². The first-order valence-corrected chi connectivity index (χ1v) is 9.16. The summed E-state index contributed by atoms with van der Waals surface area (Å²) in [7, 11) is 0.